The van der Waals surface area contributed by atoms with Crippen LogP contribution in [-0.2, 0) is 14.6 Å². The number of nitrogens with two attached hydrogens (primary N) is 1. The fourth-order valence-electron chi connectivity index (χ4n) is 2.21. The van der Waals surface area contributed by atoms with Crippen LogP contribution in [0.2, 0.25) is 0 Å². The molecule has 1 saturated carbocycles. The van der Waals surface area contributed by atoms with Crippen molar-refractivity contribution in [3.8, 4) is 0 Å². The van der Waals surface area contributed by atoms with Crippen LogP contribution in [0.3, 0.4) is 0 Å². The Hall–Kier alpha value is -0.620. The Morgan fingerprint density at radius 3 is 2.65 bits per heavy atom. The summed E-state index contributed by atoms with van der Waals surface area (Å²) in [6, 6.07) is -0.0395. The zero-order valence-corrected chi connectivity index (χ0v) is 10.8. The zero-order valence-electron chi connectivity index (χ0n) is 9.97. The highest BCUT2D eigenvalue weighted by Gasteiger charge is 2.31. The molecule has 6 heteroatoms. The molecule has 2 fully saturated rings. The Kier molecular flexibility index (Phi) is 3.73. The number of hydrogen-bond acceptors (Lipinski definition) is 4. The summed E-state index contributed by atoms with van der Waals surface area (Å²) in [7, 11) is -2.94. The van der Waals surface area contributed by atoms with E-state index in [9.17, 15) is 13.2 Å². The molecule has 0 aromatic carbocycles. The van der Waals surface area contributed by atoms with Gasteiger partial charge in [0.2, 0.25) is 5.91 Å². The molecule has 17 heavy (non-hydrogen) atoms. The lowest BCUT2D eigenvalue weighted by molar-refractivity contribution is -0.131. The molecule has 1 heterocycles. The summed E-state index contributed by atoms with van der Waals surface area (Å²) in [6.07, 6.45) is 3.17. The van der Waals surface area contributed by atoms with E-state index in [4.69, 9.17) is 5.73 Å². The Labute approximate surface area is 102 Å². The van der Waals surface area contributed by atoms with Gasteiger partial charge < -0.3 is 10.6 Å². The SMILES string of the molecule is NC(CC(=O)N1CCCS(=O)(=O)CC1)C1CC1. The molecule has 1 unspecified atom stereocenters. The van der Waals surface area contributed by atoms with Crippen molar-refractivity contribution in [2.45, 2.75) is 31.7 Å². The van der Waals surface area contributed by atoms with Crippen molar-refractivity contribution >= 4 is 15.7 Å². The van der Waals surface area contributed by atoms with Crippen LogP contribution in [0.1, 0.15) is 25.7 Å². The lowest BCUT2D eigenvalue weighted by Gasteiger charge is -2.21. The predicted octanol–water partition coefficient (Wildman–Crippen LogP) is -0.239. The first-order valence-corrected chi connectivity index (χ1v) is 8.04. The van der Waals surface area contributed by atoms with Gasteiger partial charge in [-0.1, -0.05) is 0 Å². The number of carbonyl (C=O) groups is 1. The van der Waals surface area contributed by atoms with Gasteiger partial charge in [-0.2, -0.15) is 0 Å². The average molecular weight is 260 g/mol. The minimum absolute atomic E-state index is 0.0153. The molecule has 0 spiro atoms. The molecule has 0 aromatic rings. The van der Waals surface area contributed by atoms with Crippen molar-refractivity contribution in [2.75, 3.05) is 24.6 Å². The van der Waals surface area contributed by atoms with Gasteiger partial charge in [-0.05, 0) is 25.2 Å². The first-order valence-electron chi connectivity index (χ1n) is 6.22. The maximum atomic E-state index is 12.0. The molecule has 98 valence electrons. The van der Waals surface area contributed by atoms with Crippen molar-refractivity contribution in [1.29, 1.82) is 0 Å². The minimum Gasteiger partial charge on any atom is -0.342 e. The molecule has 0 radical (unpaired) electrons. The van der Waals surface area contributed by atoms with Crippen LogP contribution >= 0.6 is 0 Å². The number of nitrogens with zero attached hydrogens (tertiary/aromatic N) is 1. The molecule has 2 aliphatic rings. The number of rotatable bonds is 3. The van der Waals surface area contributed by atoms with E-state index < -0.39 is 9.84 Å². The van der Waals surface area contributed by atoms with Crippen molar-refractivity contribution in [1.82, 2.24) is 4.90 Å². The van der Waals surface area contributed by atoms with E-state index in [1.165, 1.54) is 0 Å². The van der Waals surface area contributed by atoms with Gasteiger partial charge in [-0.3, -0.25) is 4.79 Å². The third-order valence-electron chi connectivity index (χ3n) is 3.55. The van der Waals surface area contributed by atoms with Gasteiger partial charge in [0.25, 0.3) is 0 Å². The molecular weight excluding hydrogens is 240 g/mol. The predicted molar refractivity (Wildman–Crippen MR) is 65.2 cm³/mol. The van der Waals surface area contributed by atoms with E-state index in [-0.39, 0.29) is 23.5 Å². The largest absolute Gasteiger partial charge is 0.342 e. The van der Waals surface area contributed by atoms with Crippen LogP contribution in [-0.4, -0.2) is 49.9 Å². The third kappa shape index (κ3) is 3.67. The van der Waals surface area contributed by atoms with Crippen molar-refractivity contribution in [2.24, 2.45) is 11.7 Å². The van der Waals surface area contributed by atoms with Gasteiger partial charge in [0, 0.05) is 25.6 Å². The number of carbonyl (C=O) groups excluding carboxylic acids is 1. The summed E-state index contributed by atoms with van der Waals surface area (Å²) >= 11 is 0. The molecule has 1 saturated heterocycles. The first-order chi connectivity index (χ1) is 7.98. The molecule has 1 aliphatic carbocycles. The molecule has 2 N–H and O–H groups in total. The molecule has 1 amide bonds. The van der Waals surface area contributed by atoms with Gasteiger partial charge >= 0.3 is 0 Å². The Balaban J connectivity index is 1.86. The summed E-state index contributed by atoms with van der Waals surface area (Å²) in [4.78, 5) is 13.6. The van der Waals surface area contributed by atoms with E-state index in [0.717, 1.165) is 12.8 Å². The molecule has 0 aromatic heterocycles. The summed E-state index contributed by atoms with van der Waals surface area (Å²) in [5.74, 6) is 0.819. The second kappa shape index (κ2) is 4.94. The zero-order chi connectivity index (χ0) is 12.5. The second-order valence-corrected chi connectivity index (χ2v) is 7.40. The van der Waals surface area contributed by atoms with Gasteiger partial charge in [-0.25, -0.2) is 8.42 Å². The molecule has 1 aliphatic heterocycles. The van der Waals surface area contributed by atoms with Crippen LogP contribution < -0.4 is 5.73 Å². The Morgan fingerprint density at radius 2 is 2.00 bits per heavy atom. The Morgan fingerprint density at radius 1 is 1.29 bits per heavy atom. The molecule has 0 bridgehead atoms. The first kappa shape index (κ1) is 12.8. The van der Waals surface area contributed by atoms with Crippen LogP contribution in [0.15, 0.2) is 0 Å². The van der Waals surface area contributed by atoms with Gasteiger partial charge in [0.15, 0.2) is 9.84 Å². The van der Waals surface area contributed by atoms with Crippen molar-refractivity contribution in [3.05, 3.63) is 0 Å². The molecule has 2 rings (SSSR count). The van der Waals surface area contributed by atoms with Crippen LogP contribution in [0.25, 0.3) is 0 Å². The van der Waals surface area contributed by atoms with Crippen molar-refractivity contribution in [3.63, 3.8) is 0 Å². The summed E-state index contributed by atoms with van der Waals surface area (Å²) in [5.41, 5.74) is 5.91. The fourth-order valence-corrected chi connectivity index (χ4v) is 3.48. The highest BCUT2D eigenvalue weighted by atomic mass is 32.2. The number of sulfone groups is 1. The smallest absolute Gasteiger partial charge is 0.224 e. The lowest BCUT2D eigenvalue weighted by Crippen LogP contribution is -2.38. The summed E-state index contributed by atoms with van der Waals surface area (Å²) < 4.78 is 22.8. The third-order valence-corrected chi connectivity index (χ3v) is 5.26. The van der Waals surface area contributed by atoms with Gasteiger partial charge in [0.1, 0.15) is 0 Å². The van der Waals surface area contributed by atoms with E-state index in [2.05, 4.69) is 0 Å². The standard InChI is InChI=1S/C11H20N2O3S/c12-10(9-2-3-9)8-11(14)13-4-1-6-17(15,16)7-5-13/h9-10H,1-8,12H2. The highest BCUT2D eigenvalue weighted by molar-refractivity contribution is 7.91. The second-order valence-electron chi connectivity index (χ2n) is 5.09. The number of amides is 1. The number of hydrogen-bond donors (Lipinski definition) is 1. The summed E-state index contributed by atoms with van der Waals surface area (Å²) in [6.45, 7) is 0.883. The van der Waals surface area contributed by atoms with Crippen LogP contribution in [0.5, 0.6) is 0 Å². The van der Waals surface area contributed by atoms with Crippen LogP contribution in [0, 0.1) is 5.92 Å². The topological polar surface area (TPSA) is 80.5 Å². The maximum absolute atomic E-state index is 12.0. The normalized spacial score (nSPS) is 26.3. The van der Waals surface area contributed by atoms with Gasteiger partial charge in [-0.15, -0.1) is 0 Å². The fraction of sp³-hybridized carbons (Fsp3) is 0.909. The molecule has 5 nitrogen and oxygen atoms in total. The maximum Gasteiger partial charge on any atom is 0.224 e. The van der Waals surface area contributed by atoms with Crippen LogP contribution in [0.4, 0.5) is 0 Å². The Bertz CT molecular complexity index is 390. The molecular formula is C11H20N2O3S. The van der Waals surface area contributed by atoms with Gasteiger partial charge in [0.05, 0.1) is 11.5 Å². The average Bonchev–Trinajstić information content (AvgIpc) is 3.04. The minimum atomic E-state index is -2.94. The van der Waals surface area contributed by atoms with Crippen molar-refractivity contribution < 1.29 is 13.2 Å². The summed E-state index contributed by atoms with van der Waals surface area (Å²) in [5, 5.41) is 0. The van der Waals surface area contributed by atoms with E-state index in [0.29, 0.717) is 31.8 Å². The highest BCUT2D eigenvalue weighted by Crippen LogP contribution is 2.33. The monoisotopic (exact) mass is 260 g/mol. The lowest BCUT2D eigenvalue weighted by atomic mass is 10.1. The van der Waals surface area contributed by atoms with E-state index >= 15 is 0 Å². The molecule has 1 atom stereocenters. The quantitative estimate of drug-likeness (QED) is 0.759. The van der Waals surface area contributed by atoms with E-state index in [1.54, 1.807) is 4.90 Å². The van der Waals surface area contributed by atoms with E-state index in [1.807, 2.05) is 0 Å².